The Morgan fingerprint density at radius 2 is 2.25 bits per heavy atom. The lowest BCUT2D eigenvalue weighted by Gasteiger charge is -2.37. The van der Waals surface area contributed by atoms with Crippen LogP contribution in [-0.2, 0) is 4.79 Å². The molecule has 3 heterocycles. The van der Waals surface area contributed by atoms with Crippen molar-refractivity contribution in [3.8, 4) is 5.75 Å². The molecular weight excluding hydrogens is 324 g/mol. The molecule has 4 rings (SSSR count). The second-order valence-corrected chi connectivity index (χ2v) is 6.67. The number of nitrogens with one attached hydrogen (secondary N) is 1. The van der Waals surface area contributed by atoms with Crippen LogP contribution >= 0.6 is 11.3 Å². The van der Waals surface area contributed by atoms with Crippen molar-refractivity contribution in [2.24, 2.45) is 5.92 Å². The summed E-state index contributed by atoms with van der Waals surface area (Å²) in [5.41, 5.74) is 1.66. The molecule has 24 heavy (non-hydrogen) atoms. The molecule has 3 aromatic rings. The summed E-state index contributed by atoms with van der Waals surface area (Å²) >= 11 is 1.64. The number of benzene rings is 1. The van der Waals surface area contributed by atoms with E-state index in [4.69, 9.17) is 4.74 Å². The lowest BCUT2D eigenvalue weighted by Crippen LogP contribution is -2.52. The highest BCUT2D eigenvalue weighted by Crippen LogP contribution is 2.34. The van der Waals surface area contributed by atoms with Gasteiger partial charge in [0.15, 0.2) is 5.13 Å². The van der Waals surface area contributed by atoms with E-state index in [0.29, 0.717) is 13.1 Å². The summed E-state index contributed by atoms with van der Waals surface area (Å²) in [6, 6.07) is 9.52. The largest absolute Gasteiger partial charge is 0.497 e. The van der Waals surface area contributed by atoms with Gasteiger partial charge in [0.05, 0.1) is 35.1 Å². The van der Waals surface area contributed by atoms with Crippen molar-refractivity contribution >= 4 is 38.3 Å². The van der Waals surface area contributed by atoms with Crippen molar-refractivity contribution in [3.05, 3.63) is 42.7 Å². The number of ether oxygens (including phenoxy) is 1. The number of hydrogen-bond donors (Lipinski definition) is 1. The molecule has 0 aliphatic carbocycles. The van der Waals surface area contributed by atoms with Gasteiger partial charge in [-0.05, 0) is 24.3 Å². The van der Waals surface area contributed by atoms with Crippen LogP contribution in [0.3, 0.4) is 0 Å². The van der Waals surface area contributed by atoms with Gasteiger partial charge in [-0.2, -0.15) is 0 Å². The van der Waals surface area contributed by atoms with E-state index in [2.05, 4.69) is 20.2 Å². The van der Waals surface area contributed by atoms with Crippen molar-refractivity contribution in [2.45, 2.75) is 0 Å². The molecule has 7 heteroatoms. The van der Waals surface area contributed by atoms with E-state index >= 15 is 0 Å². The zero-order valence-electron chi connectivity index (χ0n) is 13.1. The molecule has 2 aromatic heterocycles. The third-order valence-corrected chi connectivity index (χ3v) is 5.13. The number of carbonyl (C=O) groups excluding carboxylic acids is 1. The number of rotatable bonds is 4. The van der Waals surface area contributed by atoms with Gasteiger partial charge in [-0.1, -0.05) is 11.3 Å². The van der Waals surface area contributed by atoms with E-state index in [-0.39, 0.29) is 11.8 Å². The van der Waals surface area contributed by atoms with Crippen LogP contribution in [0.25, 0.3) is 10.2 Å². The molecule has 1 amide bonds. The van der Waals surface area contributed by atoms with Crippen molar-refractivity contribution in [1.82, 2.24) is 9.97 Å². The minimum atomic E-state index is -0.0215. The quantitative estimate of drug-likeness (QED) is 0.791. The minimum absolute atomic E-state index is 0.0215. The van der Waals surface area contributed by atoms with Crippen molar-refractivity contribution in [3.63, 3.8) is 0 Å². The van der Waals surface area contributed by atoms with Gasteiger partial charge in [0.1, 0.15) is 5.75 Å². The molecule has 1 N–H and O–H groups in total. The van der Waals surface area contributed by atoms with Crippen molar-refractivity contribution in [2.75, 3.05) is 30.4 Å². The summed E-state index contributed by atoms with van der Waals surface area (Å²) in [5.74, 6) is 0.811. The van der Waals surface area contributed by atoms with Gasteiger partial charge in [-0.15, -0.1) is 0 Å². The van der Waals surface area contributed by atoms with Crippen LogP contribution in [0.1, 0.15) is 0 Å². The zero-order chi connectivity index (χ0) is 16.5. The van der Waals surface area contributed by atoms with Crippen LogP contribution in [0.15, 0.2) is 42.7 Å². The van der Waals surface area contributed by atoms with E-state index in [9.17, 15) is 4.79 Å². The molecule has 0 atom stereocenters. The highest BCUT2D eigenvalue weighted by molar-refractivity contribution is 7.22. The Hall–Kier alpha value is -2.67. The number of aromatic nitrogens is 2. The van der Waals surface area contributed by atoms with Crippen LogP contribution in [0, 0.1) is 5.92 Å². The molecule has 1 aliphatic rings. The number of methoxy groups -OCH3 is 1. The second kappa shape index (κ2) is 6.09. The fraction of sp³-hybridized carbons (Fsp3) is 0.235. The maximum Gasteiger partial charge on any atom is 0.231 e. The van der Waals surface area contributed by atoms with Gasteiger partial charge in [0, 0.05) is 25.4 Å². The summed E-state index contributed by atoms with van der Waals surface area (Å²) in [6.45, 7) is 1.37. The first-order chi connectivity index (χ1) is 11.7. The normalized spacial score (nSPS) is 14.5. The highest BCUT2D eigenvalue weighted by atomic mass is 32.1. The van der Waals surface area contributed by atoms with Gasteiger partial charge in [0.2, 0.25) is 5.91 Å². The lowest BCUT2D eigenvalue weighted by molar-refractivity contribution is -0.120. The summed E-state index contributed by atoms with van der Waals surface area (Å²) in [7, 11) is 1.65. The van der Waals surface area contributed by atoms with E-state index in [1.165, 1.54) is 0 Å². The van der Waals surface area contributed by atoms with E-state index in [1.54, 1.807) is 36.9 Å². The molecule has 1 saturated heterocycles. The first-order valence-corrected chi connectivity index (χ1v) is 8.45. The Morgan fingerprint density at radius 3 is 3.00 bits per heavy atom. The number of anilines is 2. The number of carbonyl (C=O) groups is 1. The molecule has 0 radical (unpaired) electrons. The SMILES string of the molecule is COc1ccc2sc(N3CC(C(=O)Nc4cccnc4)C3)nc2c1. The van der Waals surface area contributed by atoms with Crippen molar-refractivity contribution < 1.29 is 9.53 Å². The van der Waals surface area contributed by atoms with E-state index in [1.807, 2.05) is 24.3 Å². The molecule has 0 bridgehead atoms. The Balaban J connectivity index is 1.41. The monoisotopic (exact) mass is 340 g/mol. The van der Waals surface area contributed by atoms with Crippen LogP contribution in [0.2, 0.25) is 0 Å². The zero-order valence-corrected chi connectivity index (χ0v) is 13.9. The van der Waals surface area contributed by atoms with Gasteiger partial charge >= 0.3 is 0 Å². The third kappa shape index (κ3) is 2.78. The summed E-state index contributed by atoms with van der Waals surface area (Å²) in [5, 5.41) is 3.84. The number of pyridine rings is 1. The molecule has 1 aromatic carbocycles. The Labute approximate surface area is 143 Å². The number of nitrogens with zero attached hydrogens (tertiary/aromatic N) is 3. The predicted molar refractivity (Wildman–Crippen MR) is 94.7 cm³/mol. The summed E-state index contributed by atoms with van der Waals surface area (Å²) in [4.78, 5) is 23.0. The smallest absolute Gasteiger partial charge is 0.231 e. The van der Waals surface area contributed by atoms with E-state index in [0.717, 1.165) is 26.8 Å². The van der Waals surface area contributed by atoms with Gasteiger partial charge in [-0.3, -0.25) is 9.78 Å². The topological polar surface area (TPSA) is 67.3 Å². The van der Waals surface area contributed by atoms with Crippen LogP contribution in [0.4, 0.5) is 10.8 Å². The second-order valence-electron chi connectivity index (χ2n) is 5.66. The summed E-state index contributed by atoms with van der Waals surface area (Å²) in [6.07, 6.45) is 3.33. The average Bonchev–Trinajstić information content (AvgIpc) is 2.96. The fourth-order valence-electron chi connectivity index (χ4n) is 2.64. The maximum atomic E-state index is 12.2. The molecule has 1 aliphatic heterocycles. The first-order valence-electron chi connectivity index (χ1n) is 7.63. The lowest BCUT2D eigenvalue weighted by atomic mass is 10.00. The number of amides is 1. The third-order valence-electron chi connectivity index (χ3n) is 4.04. The Bertz CT molecular complexity index is 875. The number of fused-ring (bicyclic) bond motifs is 1. The van der Waals surface area contributed by atoms with Gasteiger partial charge in [-0.25, -0.2) is 4.98 Å². The molecule has 0 spiro atoms. The molecule has 1 fully saturated rings. The molecular formula is C17H16N4O2S. The van der Waals surface area contributed by atoms with Gasteiger partial charge in [0.25, 0.3) is 0 Å². The van der Waals surface area contributed by atoms with Crippen molar-refractivity contribution in [1.29, 1.82) is 0 Å². The van der Waals surface area contributed by atoms with Crippen LogP contribution < -0.4 is 15.0 Å². The average molecular weight is 340 g/mol. The minimum Gasteiger partial charge on any atom is -0.497 e. The number of thiazole rings is 1. The first kappa shape index (κ1) is 14.9. The molecule has 122 valence electrons. The predicted octanol–water partition coefficient (Wildman–Crippen LogP) is 2.77. The molecule has 0 saturated carbocycles. The maximum absolute atomic E-state index is 12.2. The van der Waals surface area contributed by atoms with Crippen LogP contribution in [-0.4, -0.2) is 36.1 Å². The highest BCUT2D eigenvalue weighted by Gasteiger charge is 2.34. The standard InChI is InChI=1S/C17H16N4O2S/c1-23-13-4-5-15-14(7-13)20-17(24-15)21-9-11(10-21)16(22)19-12-3-2-6-18-8-12/h2-8,11H,9-10H2,1H3,(H,19,22). The summed E-state index contributed by atoms with van der Waals surface area (Å²) < 4.78 is 6.35. The molecule has 0 unspecified atom stereocenters. The fourth-order valence-corrected chi connectivity index (χ4v) is 3.60. The molecule has 6 nitrogen and oxygen atoms in total. The number of hydrogen-bond acceptors (Lipinski definition) is 6. The van der Waals surface area contributed by atoms with E-state index < -0.39 is 0 Å². The Morgan fingerprint density at radius 1 is 1.38 bits per heavy atom. The van der Waals surface area contributed by atoms with Gasteiger partial charge < -0.3 is 15.0 Å². The Kier molecular flexibility index (Phi) is 3.78. The van der Waals surface area contributed by atoms with Crippen LogP contribution in [0.5, 0.6) is 5.75 Å².